The van der Waals surface area contributed by atoms with E-state index in [1.54, 1.807) is 42.5 Å². The van der Waals surface area contributed by atoms with E-state index in [4.69, 9.17) is 19.9 Å². The molecule has 1 aliphatic rings. The summed E-state index contributed by atoms with van der Waals surface area (Å²) >= 11 is 0. The second-order valence-corrected chi connectivity index (χ2v) is 7.35. The minimum atomic E-state index is -0.541. The quantitative estimate of drug-likeness (QED) is 0.464. The Morgan fingerprint density at radius 2 is 1.88 bits per heavy atom. The van der Waals surface area contributed by atoms with E-state index in [9.17, 15) is 10.1 Å². The molecule has 0 bridgehead atoms. The number of carbonyl (C=O) groups excluding carboxylic acids is 1. The fourth-order valence-corrected chi connectivity index (χ4v) is 3.68. The van der Waals surface area contributed by atoms with Crippen LogP contribution < -0.4 is 19.9 Å². The van der Waals surface area contributed by atoms with Crippen molar-refractivity contribution in [2.45, 2.75) is 19.8 Å². The summed E-state index contributed by atoms with van der Waals surface area (Å²) in [5.41, 5.74) is 9.56. The highest BCUT2D eigenvalue weighted by Crippen LogP contribution is 2.43. The standard InChI is InChI=1S/C26H22N2O4/c1-3-30-22-7-5-4-6-20(22)26(29)31-18-12-13-19-23(14-18)32-25(28)21(15-27)24(19)17-10-8-16(2)9-11-17/h4-14,24H,3,28H2,1-2H3. The van der Waals surface area contributed by atoms with Gasteiger partial charge < -0.3 is 19.9 Å². The highest BCUT2D eigenvalue weighted by Gasteiger charge is 2.31. The Bertz CT molecular complexity index is 1240. The molecule has 2 N–H and O–H groups in total. The van der Waals surface area contributed by atoms with Gasteiger partial charge in [-0.3, -0.25) is 0 Å². The van der Waals surface area contributed by atoms with E-state index in [1.807, 2.05) is 38.1 Å². The molecule has 1 atom stereocenters. The highest BCUT2D eigenvalue weighted by atomic mass is 16.5. The summed E-state index contributed by atoms with van der Waals surface area (Å²) in [6, 6.07) is 22.1. The van der Waals surface area contributed by atoms with Gasteiger partial charge in [0.1, 0.15) is 34.5 Å². The Hall–Kier alpha value is -4.24. The summed E-state index contributed by atoms with van der Waals surface area (Å²) in [6.07, 6.45) is 0. The van der Waals surface area contributed by atoms with Crippen LogP contribution in [0.5, 0.6) is 17.2 Å². The summed E-state index contributed by atoms with van der Waals surface area (Å²) in [4.78, 5) is 12.7. The number of nitriles is 1. The number of rotatable bonds is 5. The molecular weight excluding hydrogens is 404 g/mol. The molecule has 0 aromatic heterocycles. The molecule has 0 amide bonds. The van der Waals surface area contributed by atoms with Gasteiger partial charge in [-0.15, -0.1) is 0 Å². The molecule has 1 unspecified atom stereocenters. The van der Waals surface area contributed by atoms with Crippen LogP contribution in [0.25, 0.3) is 0 Å². The number of ether oxygens (including phenoxy) is 3. The minimum Gasteiger partial charge on any atom is -0.493 e. The molecule has 0 saturated heterocycles. The van der Waals surface area contributed by atoms with Crippen LogP contribution in [0.15, 0.2) is 78.2 Å². The monoisotopic (exact) mass is 426 g/mol. The lowest BCUT2D eigenvalue weighted by Gasteiger charge is -2.26. The summed E-state index contributed by atoms with van der Waals surface area (Å²) in [6.45, 7) is 4.28. The Morgan fingerprint density at radius 3 is 2.59 bits per heavy atom. The molecule has 1 aliphatic heterocycles. The van der Waals surface area contributed by atoms with E-state index in [2.05, 4.69) is 6.07 Å². The number of carbonyl (C=O) groups is 1. The van der Waals surface area contributed by atoms with E-state index < -0.39 is 5.97 Å². The maximum atomic E-state index is 12.7. The fraction of sp³-hybridized carbons (Fsp3) is 0.154. The summed E-state index contributed by atoms with van der Waals surface area (Å²) in [5.74, 6) is 0.329. The first-order valence-electron chi connectivity index (χ1n) is 10.2. The average Bonchev–Trinajstić information content (AvgIpc) is 2.79. The van der Waals surface area contributed by atoms with Crippen molar-refractivity contribution in [1.82, 2.24) is 0 Å². The Labute approximate surface area is 186 Å². The molecule has 0 spiro atoms. The summed E-state index contributed by atoms with van der Waals surface area (Å²) in [5, 5.41) is 9.69. The third-order valence-electron chi connectivity index (χ3n) is 5.22. The third kappa shape index (κ3) is 4.01. The predicted molar refractivity (Wildman–Crippen MR) is 119 cm³/mol. The minimum absolute atomic E-state index is 0.0377. The van der Waals surface area contributed by atoms with Crippen LogP contribution in [0.4, 0.5) is 0 Å². The molecule has 160 valence electrons. The van der Waals surface area contributed by atoms with E-state index in [0.717, 1.165) is 16.7 Å². The van der Waals surface area contributed by atoms with Crippen molar-refractivity contribution in [1.29, 1.82) is 5.26 Å². The highest BCUT2D eigenvalue weighted by molar-refractivity contribution is 5.94. The normalized spacial score (nSPS) is 14.7. The third-order valence-corrected chi connectivity index (χ3v) is 5.22. The first kappa shape index (κ1) is 21.0. The molecule has 0 radical (unpaired) electrons. The zero-order chi connectivity index (χ0) is 22.7. The lowest BCUT2D eigenvalue weighted by atomic mass is 9.83. The van der Waals surface area contributed by atoms with Gasteiger partial charge in [-0.05, 0) is 37.6 Å². The number of aryl methyl sites for hydroxylation is 1. The van der Waals surface area contributed by atoms with Crippen molar-refractivity contribution in [3.63, 3.8) is 0 Å². The number of allylic oxidation sites excluding steroid dienone is 1. The first-order chi connectivity index (χ1) is 15.5. The molecule has 3 aromatic rings. The molecule has 3 aromatic carbocycles. The van der Waals surface area contributed by atoms with Crippen LogP contribution in [-0.2, 0) is 0 Å². The maximum Gasteiger partial charge on any atom is 0.347 e. The van der Waals surface area contributed by atoms with Gasteiger partial charge in [-0.25, -0.2) is 4.79 Å². The number of hydrogen-bond acceptors (Lipinski definition) is 6. The molecule has 6 nitrogen and oxygen atoms in total. The van der Waals surface area contributed by atoms with Gasteiger partial charge in [0.2, 0.25) is 5.88 Å². The number of fused-ring (bicyclic) bond motifs is 1. The van der Waals surface area contributed by atoms with Crippen LogP contribution in [-0.4, -0.2) is 12.6 Å². The Balaban J connectivity index is 1.67. The van der Waals surface area contributed by atoms with Crippen molar-refractivity contribution in [2.75, 3.05) is 6.61 Å². The van der Waals surface area contributed by atoms with E-state index >= 15 is 0 Å². The lowest BCUT2D eigenvalue weighted by Crippen LogP contribution is -2.21. The number of benzene rings is 3. The molecular formula is C26H22N2O4. The molecule has 4 rings (SSSR count). The summed E-state index contributed by atoms with van der Waals surface area (Å²) in [7, 11) is 0. The number of esters is 1. The van der Waals surface area contributed by atoms with Crippen LogP contribution in [0, 0.1) is 18.3 Å². The largest absolute Gasteiger partial charge is 0.493 e. The predicted octanol–water partition coefficient (Wildman–Crippen LogP) is 4.83. The number of hydrogen-bond donors (Lipinski definition) is 1. The number of para-hydroxylation sites is 1. The average molecular weight is 426 g/mol. The molecule has 0 fully saturated rings. The van der Waals surface area contributed by atoms with Crippen LogP contribution in [0.2, 0.25) is 0 Å². The molecule has 0 saturated carbocycles. The van der Waals surface area contributed by atoms with E-state index in [1.165, 1.54) is 0 Å². The van der Waals surface area contributed by atoms with Gasteiger partial charge in [0.15, 0.2) is 0 Å². The van der Waals surface area contributed by atoms with Crippen LogP contribution in [0.1, 0.15) is 39.9 Å². The Kier molecular flexibility index (Phi) is 5.82. The first-order valence-corrected chi connectivity index (χ1v) is 10.2. The smallest absolute Gasteiger partial charge is 0.347 e. The van der Waals surface area contributed by atoms with Crippen molar-refractivity contribution in [3.8, 4) is 23.3 Å². The second kappa shape index (κ2) is 8.86. The zero-order valence-electron chi connectivity index (χ0n) is 17.8. The maximum absolute atomic E-state index is 12.7. The van der Waals surface area contributed by atoms with Gasteiger partial charge in [0.05, 0.1) is 12.5 Å². The topological polar surface area (TPSA) is 94.6 Å². The number of nitrogens with zero attached hydrogens (tertiary/aromatic N) is 1. The zero-order valence-corrected chi connectivity index (χ0v) is 17.8. The molecule has 0 aliphatic carbocycles. The van der Waals surface area contributed by atoms with E-state index in [0.29, 0.717) is 35.0 Å². The van der Waals surface area contributed by atoms with Crippen LogP contribution in [0.3, 0.4) is 0 Å². The second-order valence-electron chi connectivity index (χ2n) is 7.35. The van der Waals surface area contributed by atoms with Crippen molar-refractivity contribution in [3.05, 3.63) is 100 Å². The molecule has 32 heavy (non-hydrogen) atoms. The Morgan fingerprint density at radius 1 is 1.12 bits per heavy atom. The van der Waals surface area contributed by atoms with Crippen molar-refractivity contribution in [2.24, 2.45) is 5.73 Å². The van der Waals surface area contributed by atoms with Crippen molar-refractivity contribution >= 4 is 5.97 Å². The van der Waals surface area contributed by atoms with Gasteiger partial charge in [-0.2, -0.15) is 5.26 Å². The van der Waals surface area contributed by atoms with Crippen LogP contribution >= 0.6 is 0 Å². The van der Waals surface area contributed by atoms with Crippen molar-refractivity contribution < 1.29 is 19.0 Å². The SMILES string of the molecule is CCOc1ccccc1C(=O)Oc1ccc2c(c1)OC(N)=C(C#N)C2c1ccc(C)cc1. The van der Waals surface area contributed by atoms with Gasteiger partial charge in [0, 0.05) is 11.6 Å². The lowest BCUT2D eigenvalue weighted by molar-refractivity contribution is 0.0730. The number of nitrogens with two attached hydrogens (primary N) is 1. The van der Waals surface area contributed by atoms with Gasteiger partial charge >= 0.3 is 5.97 Å². The fourth-order valence-electron chi connectivity index (χ4n) is 3.68. The van der Waals surface area contributed by atoms with E-state index in [-0.39, 0.29) is 11.8 Å². The van der Waals surface area contributed by atoms with Gasteiger partial charge in [0.25, 0.3) is 0 Å². The molecule has 6 heteroatoms. The van der Waals surface area contributed by atoms with Gasteiger partial charge in [-0.1, -0.05) is 48.0 Å². The molecule has 1 heterocycles. The summed E-state index contributed by atoms with van der Waals surface area (Å²) < 4.78 is 16.8.